The molecule has 0 amide bonds. The highest BCUT2D eigenvalue weighted by Gasteiger charge is 2.15. The second kappa shape index (κ2) is 5.03. The Morgan fingerprint density at radius 2 is 2.18 bits per heavy atom. The van der Waals surface area contributed by atoms with Crippen LogP contribution in [0, 0.1) is 6.92 Å². The molecule has 0 atom stereocenters. The van der Waals surface area contributed by atoms with Crippen LogP contribution in [0.3, 0.4) is 0 Å². The van der Waals surface area contributed by atoms with Gasteiger partial charge in [-0.15, -0.1) is 11.3 Å². The van der Waals surface area contributed by atoms with Crippen molar-refractivity contribution in [1.82, 2.24) is 4.72 Å². The van der Waals surface area contributed by atoms with E-state index in [1.54, 1.807) is 24.7 Å². The van der Waals surface area contributed by atoms with Crippen LogP contribution in [0.25, 0.3) is 0 Å². The van der Waals surface area contributed by atoms with E-state index in [0.29, 0.717) is 17.2 Å². The molecule has 0 fully saturated rings. The molecule has 0 radical (unpaired) electrons. The molecule has 2 heterocycles. The van der Waals surface area contributed by atoms with E-state index in [1.165, 1.54) is 11.3 Å². The van der Waals surface area contributed by atoms with E-state index in [-0.39, 0.29) is 0 Å². The lowest BCUT2D eigenvalue weighted by molar-refractivity contribution is 0.562. The van der Waals surface area contributed by atoms with Crippen LogP contribution in [0.5, 0.6) is 0 Å². The van der Waals surface area contributed by atoms with Crippen molar-refractivity contribution in [3.63, 3.8) is 0 Å². The second-order valence-electron chi connectivity index (χ2n) is 3.64. The van der Waals surface area contributed by atoms with Crippen LogP contribution in [-0.2, 0) is 16.4 Å². The van der Waals surface area contributed by atoms with E-state index in [2.05, 4.69) is 4.72 Å². The Morgan fingerprint density at radius 1 is 1.35 bits per heavy atom. The van der Waals surface area contributed by atoms with Gasteiger partial charge in [0.25, 0.3) is 0 Å². The van der Waals surface area contributed by atoms with Gasteiger partial charge in [0.2, 0.25) is 10.0 Å². The van der Waals surface area contributed by atoms with Crippen LogP contribution in [0.15, 0.2) is 39.4 Å². The molecule has 1 N–H and O–H groups in total. The van der Waals surface area contributed by atoms with Crippen LogP contribution < -0.4 is 4.72 Å². The van der Waals surface area contributed by atoms with Gasteiger partial charge in [-0.05, 0) is 37.1 Å². The zero-order chi connectivity index (χ0) is 12.3. The molecule has 2 aromatic heterocycles. The van der Waals surface area contributed by atoms with Crippen molar-refractivity contribution in [2.75, 3.05) is 6.54 Å². The van der Waals surface area contributed by atoms with Crippen LogP contribution in [0.4, 0.5) is 0 Å². The summed E-state index contributed by atoms with van der Waals surface area (Å²) in [5.41, 5.74) is 0.982. The summed E-state index contributed by atoms with van der Waals surface area (Å²) in [7, 11) is -3.35. The summed E-state index contributed by atoms with van der Waals surface area (Å²) in [4.78, 5) is 0.986. The van der Waals surface area contributed by atoms with Gasteiger partial charge in [-0.2, -0.15) is 0 Å². The Labute approximate surface area is 104 Å². The molecule has 2 rings (SSSR count). The quantitative estimate of drug-likeness (QED) is 0.906. The van der Waals surface area contributed by atoms with Gasteiger partial charge >= 0.3 is 0 Å². The van der Waals surface area contributed by atoms with Crippen LogP contribution in [0.1, 0.15) is 10.4 Å². The molecule has 0 bridgehead atoms. The van der Waals surface area contributed by atoms with E-state index < -0.39 is 10.0 Å². The summed E-state index contributed by atoms with van der Waals surface area (Å²) in [6.07, 6.45) is 3.82. The first-order chi connectivity index (χ1) is 8.08. The van der Waals surface area contributed by atoms with Crippen molar-refractivity contribution >= 4 is 21.4 Å². The first-order valence-corrected chi connectivity index (χ1v) is 7.45. The molecular formula is C11H13NO3S2. The summed E-state index contributed by atoms with van der Waals surface area (Å²) < 4.78 is 31.5. The summed E-state index contributed by atoms with van der Waals surface area (Å²) in [5, 5.41) is 0. The number of aryl methyl sites for hydroxylation is 1. The molecule has 0 aliphatic heterocycles. The first kappa shape index (κ1) is 12.3. The van der Waals surface area contributed by atoms with Gasteiger partial charge in [0, 0.05) is 11.4 Å². The van der Waals surface area contributed by atoms with Gasteiger partial charge in [0.1, 0.15) is 4.21 Å². The fraction of sp³-hybridized carbons (Fsp3) is 0.273. The maximum Gasteiger partial charge on any atom is 0.250 e. The Kier molecular flexibility index (Phi) is 3.66. The molecular weight excluding hydrogens is 258 g/mol. The van der Waals surface area contributed by atoms with Gasteiger partial charge in [-0.1, -0.05) is 0 Å². The zero-order valence-electron chi connectivity index (χ0n) is 9.34. The topological polar surface area (TPSA) is 59.3 Å². The van der Waals surface area contributed by atoms with Crippen LogP contribution >= 0.6 is 11.3 Å². The highest BCUT2D eigenvalue weighted by Crippen LogP contribution is 2.20. The number of sulfonamides is 1. The highest BCUT2D eigenvalue weighted by atomic mass is 32.2. The average Bonchev–Trinajstić information content (AvgIpc) is 2.89. The van der Waals surface area contributed by atoms with Crippen molar-refractivity contribution in [1.29, 1.82) is 0 Å². The lowest BCUT2D eigenvalue weighted by Gasteiger charge is -2.03. The predicted octanol–water partition coefficient (Wildman–Crippen LogP) is 2.17. The Morgan fingerprint density at radius 3 is 2.76 bits per heavy atom. The average molecular weight is 271 g/mol. The molecule has 0 saturated carbocycles. The normalized spacial score (nSPS) is 11.8. The zero-order valence-corrected chi connectivity index (χ0v) is 11.0. The standard InChI is InChI=1S/C11H13NO3S2/c1-9-2-3-11(16-9)17(13,14)12-6-4-10-5-7-15-8-10/h2-3,5,7-8,12H,4,6H2,1H3. The lowest BCUT2D eigenvalue weighted by atomic mass is 10.2. The van der Waals surface area contributed by atoms with E-state index in [0.717, 1.165) is 10.4 Å². The molecule has 0 saturated heterocycles. The number of furan rings is 1. The SMILES string of the molecule is Cc1ccc(S(=O)(=O)NCCc2ccoc2)s1. The molecule has 0 aromatic carbocycles. The Bertz CT molecular complexity index is 570. The van der Waals surface area contributed by atoms with E-state index in [9.17, 15) is 8.42 Å². The van der Waals surface area contributed by atoms with E-state index >= 15 is 0 Å². The number of nitrogens with one attached hydrogen (secondary N) is 1. The Hall–Kier alpha value is -1.11. The van der Waals surface area contributed by atoms with E-state index in [4.69, 9.17) is 4.42 Å². The largest absolute Gasteiger partial charge is 0.472 e. The molecule has 0 aliphatic rings. The fourth-order valence-corrected chi connectivity index (χ4v) is 3.75. The molecule has 0 unspecified atom stereocenters. The Balaban J connectivity index is 1.94. The molecule has 0 spiro atoms. The van der Waals surface area contributed by atoms with Crippen molar-refractivity contribution in [3.05, 3.63) is 41.2 Å². The molecule has 17 heavy (non-hydrogen) atoms. The van der Waals surface area contributed by atoms with Crippen molar-refractivity contribution in [2.24, 2.45) is 0 Å². The van der Waals surface area contributed by atoms with Gasteiger partial charge in [-0.25, -0.2) is 13.1 Å². The van der Waals surface area contributed by atoms with Crippen molar-refractivity contribution < 1.29 is 12.8 Å². The predicted molar refractivity (Wildman–Crippen MR) is 66.7 cm³/mol. The number of rotatable bonds is 5. The maximum atomic E-state index is 11.8. The molecule has 6 heteroatoms. The maximum absolute atomic E-state index is 11.8. The third-order valence-electron chi connectivity index (χ3n) is 2.27. The smallest absolute Gasteiger partial charge is 0.250 e. The van der Waals surface area contributed by atoms with Gasteiger partial charge < -0.3 is 4.42 Å². The number of hydrogen-bond acceptors (Lipinski definition) is 4. The van der Waals surface area contributed by atoms with Crippen molar-refractivity contribution in [2.45, 2.75) is 17.6 Å². The summed E-state index contributed by atoms with van der Waals surface area (Å²) in [6, 6.07) is 5.25. The minimum atomic E-state index is -3.35. The molecule has 92 valence electrons. The van der Waals surface area contributed by atoms with Gasteiger partial charge in [0.15, 0.2) is 0 Å². The summed E-state index contributed by atoms with van der Waals surface area (Å²) in [5.74, 6) is 0. The number of thiophene rings is 1. The third kappa shape index (κ3) is 3.18. The minimum absolute atomic E-state index is 0.363. The number of hydrogen-bond donors (Lipinski definition) is 1. The van der Waals surface area contributed by atoms with Crippen molar-refractivity contribution in [3.8, 4) is 0 Å². The third-order valence-corrected chi connectivity index (χ3v) is 5.22. The second-order valence-corrected chi connectivity index (χ2v) is 6.93. The van der Waals surface area contributed by atoms with E-state index in [1.807, 2.05) is 13.0 Å². The molecule has 4 nitrogen and oxygen atoms in total. The first-order valence-electron chi connectivity index (χ1n) is 5.15. The van der Waals surface area contributed by atoms with Gasteiger partial charge in [-0.3, -0.25) is 0 Å². The highest BCUT2D eigenvalue weighted by molar-refractivity contribution is 7.91. The van der Waals surface area contributed by atoms with Crippen LogP contribution in [0.2, 0.25) is 0 Å². The monoisotopic (exact) mass is 271 g/mol. The fourth-order valence-electron chi connectivity index (χ4n) is 1.39. The van der Waals surface area contributed by atoms with Gasteiger partial charge in [0.05, 0.1) is 12.5 Å². The molecule has 2 aromatic rings. The van der Waals surface area contributed by atoms with Crippen LogP contribution in [-0.4, -0.2) is 15.0 Å². The molecule has 0 aliphatic carbocycles. The summed E-state index contributed by atoms with van der Waals surface area (Å²) in [6.45, 7) is 2.26. The lowest BCUT2D eigenvalue weighted by Crippen LogP contribution is -2.25. The minimum Gasteiger partial charge on any atom is -0.472 e. The summed E-state index contributed by atoms with van der Waals surface area (Å²) >= 11 is 1.27.